The van der Waals surface area contributed by atoms with Crippen molar-refractivity contribution in [3.63, 3.8) is 0 Å². The van der Waals surface area contributed by atoms with Gasteiger partial charge in [0.15, 0.2) is 17.3 Å². The molecule has 0 bridgehead atoms. The molecule has 0 saturated carbocycles. The molecule has 2 aromatic carbocycles. The maximum Gasteiger partial charge on any atom is 0.203 e. The van der Waals surface area contributed by atoms with E-state index in [4.69, 9.17) is 36.5 Å². The lowest BCUT2D eigenvalue weighted by atomic mass is 10.1. The van der Waals surface area contributed by atoms with Crippen LogP contribution in [0, 0.1) is 0 Å². The normalized spacial score (nSPS) is 10.3. The second kappa shape index (κ2) is 16.3. The van der Waals surface area contributed by atoms with Gasteiger partial charge in [0.1, 0.15) is 5.82 Å². The first kappa shape index (κ1) is 30.6. The summed E-state index contributed by atoms with van der Waals surface area (Å²) in [5, 5.41) is 3.73. The minimum Gasteiger partial charge on any atom is -0.493 e. The van der Waals surface area contributed by atoms with E-state index in [9.17, 15) is 0 Å². The molecule has 0 aliphatic heterocycles. The number of ether oxygens (including phenoxy) is 3. The highest BCUT2D eigenvalue weighted by Gasteiger charge is 2.16. The Kier molecular flexibility index (Phi) is 13.8. The van der Waals surface area contributed by atoms with Gasteiger partial charge in [0.25, 0.3) is 0 Å². The van der Waals surface area contributed by atoms with Gasteiger partial charge < -0.3 is 25.3 Å². The molecule has 8 heteroatoms. The maximum absolute atomic E-state index is 5.99. The van der Waals surface area contributed by atoms with Gasteiger partial charge in [-0.05, 0) is 49.7 Å². The molecule has 36 heavy (non-hydrogen) atoms. The summed E-state index contributed by atoms with van der Waals surface area (Å²) in [6.07, 6.45) is 4.34. The van der Waals surface area contributed by atoms with Crippen LogP contribution in [0.15, 0.2) is 54.2 Å². The standard InChI is InChI=1S/C20H20ClN3O3.C6H13N.C2H6/c1-22-18-11-15(23-20(24-18)12-5-7-14(21)8-6-12)13-9-16(25-2)19(27-4)17(10-13)26-3;1-3-4-5-6(2)7;1-2/h5-11H,1-4H3,(H,22,23,24);5H,3-4,7H2,1-2H3;1-2H3/b;6-5-;. The van der Waals surface area contributed by atoms with Crippen molar-refractivity contribution < 1.29 is 14.2 Å². The van der Waals surface area contributed by atoms with Crippen LogP contribution < -0.4 is 25.3 Å². The monoisotopic (exact) mass is 514 g/mol. The fourth-order valence-corrected chi connectivity index (χ4v) is 3.18. The largest absolute Gasteiger partial charge is 0.493 e. The molecule has 3 N–H and O–H groups in total. The molecule has 196 valence electrons. The number of nitrogens with two attached hydrogens (primary N) is 1. The third-order valence-electron chi connectivity index (χ3n) is 4.80. The zero-order chi connectivity index (χ0) is 27.1. The van der Waals surface area contributed by atoms with E-state index >= 15 is 0 Å². The van der Waals surface area contributed by atoms with Crippen LogP contribution in [0.25, 0.3) is 22.6 Å². The van der Waals surface area contributed by atoms with E-state index in [1.54, 1.807) is 21.3 Å². The molecule has 0 atom stereocenters. The van der Waals surface area contributed by atoms with Gasteiger partial charge in [0.05, 0.1) is 27.0 Å². The summed E-state index contributed by atoms with van der Waals surface area (Å²) in [6.45, 7) is 8.05. The molecular formula is C28H39ClN4O3. The lowest BCUT2D eigenvalue weighted by Gasteiger charge is -2.15. The third kappa shape index (κ3) is 8.96. The first-order valence-corrected chi connectivity index (χ1v) is 12.3. The molecular weight excluding hydrogens is 476 g/mol. The van der Waals surface area contributed by atoms with Gasteiger partial charge in [-0.1, -0.05) is 44.9 Å². The molecule has 3 rings (SSSR count). The van der Waals surface area contributed by atoms with Crippen molar-refractivity contribution in [2.75, 3.05) is 33.7 Å². The second-order valence-corrected chi connectivity index (χ2v) is 7.81. The summed E-state index contributed by atoms with van der Waals surface area (Å²) in [4.78, 5) is 9.26. The Bertz CT molecular complexity index is 1070. The van der Waals surface area contributed by atoms with E-state index in [-0.39, 0.29) is 0 Å². The van der Waals surface area contributed by atoms with Crippen LogP contribution in [-0.4, -0.2) is 38.3 Å². The van der Waals surface area contributed by atoms with Crippen molar-refractivity contribution in [3.8, 4) is 39.9 Å². The number of hydrogen-bond acceptors (Lipinski definition) is 7. The van der Waals surface area contributed by atoms with Crippen molar-refractivity contribution >= 4 is 17.4 Å². The van der Waals surface area contributed by atoms with Crippen molar-refractivity contribution in [2.24, 2.45) is 5.73 Å². The van der Waals surface area contributed by atoms with Crippen molar-refractivity contribution in [3.05, 3.63) is 59.3 Å². The molecule has 0 amide bonds. The minimum atomic E-state index is 0.532. The fourth-order valence-electron chi connectivity index (χ4n) is 3.05. The molecule has 1 aromatic heterocycles. The van der Waals surface area contributed by atoms with Crippen LogP contribution in [0.4, 0.5) is 5.82 Å². The summed E-state index contributed by atoms with van der Waals surface area (Å²) in [5.41, 5.74) is 8.68. The van der Waals surface area contributed by atoms with Crippen LogP contribution in [0.5, 0.6) is 17.2 Å². The fraction of sp³-hybridized carbons (Fsp3) is 0.357. The molecule has 0 fully saturated rings. The smallest absolute Gasteiger partial charge is 0.203 e. The van der Waals surface area contributed by atoms with Gasteiger partial charge in [0.2, 0.25) is 5.75 Å². The first-order chi connectivity index (χ1) is 17.4. The minimum absolute atomic E-state index is 0.532. The summed E-state index contributed by atoms with van der Waals surface area (Å²) in [7, 11) is 6.55. The Balaban J connectivity index is 0.000000623. The molecule has 0 saturated heterocycles. The van der Waals surface area contributed by atoms with Crippen molar-refractivity contribution in [2.45, 2.75) is 40.5 Å². The van der Waals surface area contributed by atoms with Crippen LogP contribution in [0.2, 0.25) is 5.02 Å². The summed E-state index contributed by atoms with van der Waals surface area (Å²) < 4.78 is 16.3. The van der Waals surface area contributed by atoms with Gasteiger partial charge in [-0.25, -0.2) is 9.97 Å². The Morgan fingerprint density at radius 3 is 1.94 bits per heavy atom. The lowest BCUT2D eigenvalue weighted by Crippen LogP contribution is -2.00. The quantitative estimate of drug-likeness (QED) is 0.328. The van der Waals surface area contributed by atoms with Crippen LogP contribution in [0.1, 0.15) is 40.5 Å². The highest BCUT2D eigenvalue weighted by atomic mass is 35.5. The van der Waals surface area contributed by atoms with Crippen molar-refractivity contribution in [1.82, 2.24) is 9.97 Å². The third-order valence-corrected chi connectivity index (χ3v) is 5.05. The van der Waals surface area contributed by atoms with E-state index in [1.165, 1.54) is 6.42 Å². The first-order valence-electron chi connectivity index (χ1n) is 11.9. The second-order valence-electron chi connectivity index (χ2n) is 7.37. The summed E-state index contributed by atoms with van der Waals surface area (Å²) in [6, 6.07) is 13.0. The average Bonchev–Trinajstić information content (AvgIpc) is 2.92. The molecule has 0 unspecified atom stereocenters. The topological polar surface area (TPSA) is 91.5 Å². The number of nitrogens with one attached hydrogen (secondary N) is 1. The van der Waals surface area contributed by atoms with Gasteiger partial charge in [-0.2, -0.15) is 0 Å². The van der Waals surface area contributed by atoms with Crippen LogP contribution in [0.3, 0.4) is 0 Å². The molecule has 0 aliphatic rings. The summed E-state index contributed by atoms with van der Waals surface area (Å²) >= 11 is 5.99. The number of rotatable bonds is 8. The number of anilines is 1. The zero-order valence-corrected chi connectivity index (χ0v) is 23.4. The van der Waals surface area contributed by atoms with Crippen molar-refractivity contribution in [1.29, 1.82) is 0 Å². The lowest BCUT2D eigenvalue weighted by molar-refractivity contribution is 0.324. The average molecular weight is 515 g/mol. The van der Waals surface area contributed by atoms with E-state index < -0.39 is 0 Å². The predicted octanol–water partition coefficient (Wildman–Crippen LogP) is 7.21. The van der Waals surface area contributed by atoms with Gasteiger partial charge in [0, 0.05) is 35.0 Å². The molecule has 1 heterocycles. The highest BCUT2D eigenvalue weighted by Crippen LogP contribution is 2.41. The van der Waals surface area contributed by atoms with Crippen LogP contribution >= 0.6 is 11.6 Å². The van der Waals surface area contributed by atoms with E-state index in [2.05, 4.69) is 17.2 Å². The van der Waals surface area contributed by atoms with Gasteiger partial charge >= 0.3 is 0 Å². The number of nitrogens with zero attached hydrogens (tertiary/aromatic N) is 2. The number of unbranched alkanes of at least 4 members (excludes halogenated alkanes) is 1. The SMILES string of the molecule is CC.CCC/C=C(/C)N.CNc1cc(-c2cc(OC)c(OC)c(OC)c2)nc(-c2ccc(Cl)cc2)n1. The molecule has 0 radical (unpaired) electrons. The molecule has 0 spiro atoms. The molecule has 3 aromatic rings. The molecule has 0 aliphatic carbocycles. The predicted molar refractivity (Wildman–Crippen MR) is 151 cm³/mol. The van der Waals surface area contributed by atoms with E-state index in [0.29, 0.717) is 33.9 Å². The number of methoxy groups -OCH3 is 3. The number of hydrogen-bond donors (Lipinski definition) is 2. The van der Waals surface area contributed by atoms with E-state index in [0.717, 1.165) is 28.9 Å². The Labute approximate surface area is 220 Å². The molecule has 7 nitrogen and oxygen atoms in total. The summed E-state index contributed by atoms with van der Waals surface area (Å²) in [5.74, 6) is 2.93. The van der Waals surface area contributed by atoms with Crippen LogP contribution in [-0.2, 0) is 0 Å². The Morgan fingerprint density at radius 2 is 1.53 bits per heavy atom. The number of aromatic nitrogens is 2. The Hall–Kier alpha value is -3.45. The Morgan fingerprint density at radius 1 is 0.944 bits per heavy atom. The number of halogens is 1. The maximum atomic E-state index is 5.99. The van der Waals surface area contributed by atoms with E-state index in [1.807, 2.05) is 76.4 Å². The highest BCUT2D eigenvalue weighted by molar-refractivity contribution is 6.30. The number of benzene rings is 2. The van der Waals surface area contributed by atoms with Gasteiger partial charge in [-0.3, -0.25) is 0 Å². The zero-order valence-electron chi connectivity index (χ0n) is 22.6. The van der Waals surface area contributed by atoms with Gasteiger partial charge in [-0.15, -0.1) is 0 Å². The number of allylic oxidation sites excluding steroid dienone is 2.